The molecule has 43 heavy (non-hydrogen) atoms. The first-order chi connectivity index (χ1) is 21.0. The van der Waals surface area contributed by atoms with E-state index in [-0.39, 0.29) is 18.2 Å². The van der Waals surface area contributed by atoms with Crippen LogP contribution in [0.4, 0.5) is 10.3 Å². The number of aromatic nitrogens is 2. The van der Waals surface area contributed by atoms with Gasteiger partial charge in [-0.3, -0.25) is 4.79 Å². The lowest BCUT2D eigenvalue weighted by molar-refractivity contribution is 0.0950. The molecule has 0 saturated carbocycles. The minimum Gasteiger partial charge on any atom is -0.497 e. The molecule has 0 aliphatic carbocycles. The molecule has 1 aromatic heterocycles. The Bertz CT molecular complexity index is 1600. The third kappa shape index (κ3) is 7.85. The van der Waals surface area contributed by atoms with Gasteiger partial charge in [0.25, 0.3) is 5.91 Å². The van der Waals surface area contributed by atoms with Crippen molar-refractivity contribution < 1.29 is 23.4 Å². The Morgan fingerprint density at radius 1 is 0.767 bits per heavy atom. The number of para-hydroxylation sites is 1. The van der Waals surface area contributed by atoms with Crippen molar-refractivity contribution in [1.82, 2.24) is 15.3 Å². The number of carbonyl (C=O) groups is 1. The van der Waals surface area contributed by atoms with Crippen molar-refractivity contribution in [2.24, 2.45) is 0 Å². The molecule has 218 valence electrons. The van der Waals surface area contributed by atoms with Crippen LogP contribution in [0, 0.1) is 5.82 Å². The fourth-order valence-electron chi connectivity index (χ4n) is 4.34. The Balaban J connectivity index is 1.27. The lowest BCUT2D eigenvalue weighted by atomic mass is 10.1. The molecule has 1 heterocycles. The zero-order valence-electron chi connectivity index (χ0n) is 23.9. The van der Waals surface area contributed by atoms with Crippen LogP contribution in [-0.2, 0) is 19.6 Å². The van der Waals surface area contributed by atoms with Crippen molar-refractivity contribution in [3.63, 3.8) is 0 Å². The first kappa shape index (κ1) is 29.1. The number of nitrogens with one attached hydrogen (secondary N) is 1. The molecule has 8 nitrogen and oxygen atoms in total. The molecule has 4 aromatic carbocycles. The van der Waals surface area contributed by atoms with Crippen molar-refractivity contribution in [3.05, 3.63) is 138 Å². The predicted molar refractivity (Wildman–Crippen MR) is 162 cm³/mol. The van der Waals surface area contributed by atoms with Gasteiger partial charge in [0.05, 0.1) is 26.5 Å². The summed E-state index contributed by atoms with van der Waals surface area (Å²) < 4.78 is 30.1. The normalized spacial score (nSPS) is 10.6. The molecule has 0 fully saturated rings. The minimum absolute atomic E-state index is 0.118. The number of rotatable bonds is 12. The third-order valence-electron chi connectivity index (χ3n) is 6.66. The van der Waals surface area contributed by atoms with Crippen LogP contribution in [-0.4, -0.2) is 30.1 Å². The fraction of sp³-hybridized carbons (Fsp3) is 0.147. The van der Waals surface area contributed by atoms with Crippen molar-refractivity contribution in [2.75, 3.05) is 19.1 Å². The summed E-state index contributed by atoms with van der Waals surface area (Å²) in [5.41, 5.74) is 3.24. The highest BCUT2D eigenvalue weighted by Crippen LogP contribution is 2.24. The highest BCUT2D eigenvalue weighted by atomic mass is 19.1. The number of amides is 1. The molecule has 0 saturated heterocycles. The Hall–Kier alpha value is -5.44. The monoisotopic (exact) mass is 578 g/mol. The fourth-order valence-corrected chi connectivity index (χ4v) is 4.34. The molecule has 0 unspecified atom stereocenters. The highest BCUT2D eigenvalue weighted by molar-refractivity contribution is 5.94. The number of ether oxygens (including phenoxy) is 3. The van der Waals surface area contributed by atoms with Gasteiger partial charge >= 0.3 is 0 Å². The molecular formula is C34H31FN4O4. The van der Waals surface area contributed by atoms with Crippen LogP contribution in [0.1, 0.15) is 27.2 Å². The molecule has 0 bridgehead atoms. The largest absolute Gasteiger partial charge is 0.497 e. The van der Waals surface area contributed by atoms with Gasteiger partial charge < -0.3 is 24.4 Å². The maximum absolute atomic E-state index is 13.9. The molecule has 1 N–H and O–H groups in total. The SMILES string of the molecule is COc1ccc(CN(Cc2ccc(OC)cc2)c2nccc(CNC(=O)c3ccc(Oc4ccccc4F)cc3)n2)cc1. The molecule has 0 aliphatic rings. The Kier molecular flexibility index (Phi) is 9.43. The lowest BCUT2D eigenvalue weighted by Gasteiger charge is -2.23. The second kappa shape index (κ2) is 14.0. The number of hydrogen-bond donors (Lipinski definition) is 1. The summed E-state index contributed by atoms with van der Waals surface area (Å²) in [6.45, 7) is 1.33. The molecule has 0 aliphatic heterocycles. The average Bonchev–Trinajstić information content (AvgIpc) is 3.05. The van der Waals surface area contributed by atoms with E-state index in [4.69, 9.17) is 19.2 Å². The molecule has 5 rings (SSSR count). The standard InChI is InChI=1S/C34H31FN4O4/c1-41-28-13-7-24(8-14-28)22-39(23-25-9-15-29(42-2)16-10-25)34-36-20-19-27(38-34)21-37-33(40)26-11-17-30(18-12-26)43-32-6-4-3-5-31(32)35/h3-20H,21-23H2,1-2H3,(H,37,40). The maximum atomic E-state index is 13.9. The molecule has 1 amide bonds. The van der Waals surface area contributed by atoms with E-state index >= 15 is 0 Å². The van der Waals surface area contributed by atoms with Gasteiger partial charge in [-0.1, -0.05) is 36.4 Å². The van der Waals surface area contributed by atoms with E-state index in [0.717, 1.165) is 22.6 Å². The number of hydrogen-bond acceptors (Lipinski definition) is 7. The van der Waals surface area contributed by atoms with E-state index in [1.54, 1.807) is 68.9 Å². The average molecular weight is 579 g/mol. The number of halogens is 1. The second-order valence-electron chi connectivity index (χ2n) is 9.64. The van der Waals surface area contributed by atoms with Gasteiger partial charge in [-0.05, 0) is 77.9 Å². The van der Waals surface area contributed by atoms with Gasteiger partial charge in [0, 0.05) is 24.8 Å². The third-order valence-corrected chi connectivity index (χ3v) is 6.66. The summed E-state index contributed by atoms with van der Waals surface area (Å²) in [5, 5.41) is 2.91. The van der Waals surface area contributed by atoms with Gasteiger partial charge in [-0.25, -0.2) is 14.4 Å². The molecule has 0 spiro atoms. The molecule has 9 heteroatoms. The van der Waals surface area contributed by atoms with Crippen molar-refractivity contribution in [1.29, 1.82) is 0 Å². The Morgan fingerprint density at radius 3 is 1.93 bits per heavy atom. The summed E-state index contributed by atoms with van der Waals surface area (Å²) in [4.78, 5) is 24.2. The van der Waals surface area contributed by atoms with Crippen LogP contribution in [0.25, 0.3) is 0 Å². The lowest BCUT2D eigenvalue weighted by Crippen LogP contribution is -2.26. The van der Waals surface area contributed by atoms with E-state index in [1.807, 2.05) is 48.5 Å². The molecule has 0 radical (unpaired) electrons. The van der Waals surface area contributed by atoms with Gasteiger partial charge in [-0.15, -0.1) is 0 Å². The quantitative estimate of drug-likeness (QED) is 0.179. The number of anilines is 1. The minimum atomic E-state index is -0.458. The number of carbonyl (C=O) groups excluding carboxylic acids is 1. The first-order valence-corrected chi connectivity index (χ1v) is 13.6. The summed E-state index contributed by atoms with van der Waals surface area (Å²) in [6.07, 6.45) is 1.69. The Labute approximate surface area is 249 Å². The number of benzene rings is 4. The van der Waals surface area contributed by atoms with E-state index < -0.39 is 5.82 Å². The zero-order chi connectivity index (χ0) is 30.0. The molecule has 0 atom stereocenters. The van der Waals surface area contributed by atoms with Crippen LogP contribution < -0.4 is 24.4 Å². The van der Waals surface area contributed by atoms with Crippen molar-refractivity contribution in [3.8, 4) is 23.0 Å². The zero-order valence-corrected chi connectivity index (χ0v) is 23.9. The van der Waals surface area contributed by atoms with Gasteiger partial charge in [0.2, 0.25) is 5.95 Å². The van der Waals surface area contributed by atoms with Crippen LogP contribution in [0.15, 0.2) is 109 Å². The predicted octanol–water partition coefficient (Wildman–Crippen LogP) is 6.56. The van der Waals surface area contributed by atoms with Crippen molar-refractivity contribution >= 4 is 11.9 Å². The van der Waals surface area contributed by atoms with Gasteiger partial charge in [0.15, 0.2) is 11.6 Å². The number of methoxy groups -OCH3 is 2. The maximum Gasteiger partial charge on any atom is 0.251 e. The summed E-state index contributed by atoms with van der Waals surface area (Å²) in [5.74, 6) is 1.92. The number of nitrogens with zero attached hydrogens (tertiary/aromatic N) is 3. The molecular weight excluding hydrogens is 547 g/mol. The summed E-state index contributed by atoms with van der Waals surface area (Å²) in [7, 11) is 3.28. The summed E-state index contributed by atoms with van der Waals surface area (Å²) >= 11 is 0. The van der Waals surface area contributed by atoms with Gasteiger partial charge in [0.1, 0.15) is 17.2 Å². The second-order valence-corrected chi connectivity index (χ2v) is 9.64. The van der Waals surface area contributed by atoms with Crippen molar-refractivity contribution in [2.45, 2.75) is 19.6 Å². The van der Waals surface area contributed by atoms with Crippen LogP contribution in [0.2, 0.25) is 0 Å². The van der Waals surface area contributed by atoms with E-state index in [0.29, 0.717) is 36.0 Å². The van der Waals surface area contributed by atoms with Crippen LogP contribution >= 0.6 is 0 Å². The smallest absolute Gasteiger partial charge is 0.251 e. The topological polar surface area (TPSA) is 85.8 Å². The Morgan fingerprint density at radius 2 is 1.35 bits per heavy atom. The van der Waals surface area contributed by atoms with E-state index in [9.17, 15) is 9.18 Å². The first-order valence-electron chi connectivity index (χ1n) is 13.6. The highest BCUT2D eigenvalue weighted by Gasteiger charge is 2.14. The van der Waals surface area contributed by atoms with E-state index in [2.05, 4.69) is 15.2 Å². The summed E-state index contributed by atoms with van der Waals surface area (Å²) in [6, 6.07) is 30.2. The van der Waals surface area contributed by atoms with Crippen LogP contribution in [0.5, 0.6) is 23.0 Å². The molecule has 5 aromatic rings. The van der Waals surface area contributed by atoms with Gasteiger partial charge in [-0.2, -0.15) is 0 Å². The van der Waals surface area contributed by atoms with E-state index in [1.165, 1.54) is 6.07 Å². The van der Waals surface area contributed by atoms with Crippen LogP contribution in [0.3, 0.4) is 0 Å².